The Morgan fingerprint density at radius 1 is 1.32 bits per heavy atom. The van der Waals surface area contributed by atoms with Gasteiger partial charge in [0.25, 0.3) is 0 Å². The minimum absolute atomic E-state index is 0.543. The van der Waals surface area contributed by atoms with Crippen LogP contribution in [0.25, 0.3) is 10.9 Å². The Balaban J connectivity index is 2.24. The summed E-state index contributed by atoms with van der Waals surface area (Å²) in [5.41, 5.74) is 4.01. The predicted octanol–water partition coefficient (Wildman–Crippen LogP) is 4.30. The van der Waals surface area contributed by atoms with Crippen molar-refractivity contribution in [2.45, 2.75) is 38.0 Å². The predicted molar refractivity (Wildman–Crippen MR) is 91.7 cm³/mol. The third-order valence-corrected chi connectivity index (χ3v) is 5.74. The van der Waals surface area contributed by atoms with Gasteiger partial charge in [0.1, 0.15) is 0 Å². The number of hydrogen-bond acceptors (Lipinski definition) is 3. The van der Waals surface area contributed by atoms with Crippen molar-refractivity contribution in [1.29, 1.82) is 5.26 Å². The van der Waals surface area contributed by atoms with Crippen molar-refractivity contribution < 1.29 is 4.74 Å². The average molecular weight is 359 g/mol. The largest absolute Gasteiger partial charge is 0.481 e. The second kappa shape index (κ2) is 5.89. The van der Waals surface area contributed by atoms with Crippen molar-refractivity contribution in [2.24, 2.45) is 0 Å². The molecular formula is C18H19BrN2O. The van der Waals surface area contributed by atoms with Crippen LogP contribution in [0, 0.1) is 11.3 Å². The lowest BCUT2D eigenvalue weighted by Gasteiger charge is -2.23. The van der Waals surface area contributed by atoms with Crippen molar-refractivity contribution in [3.05, 3.63) is 34.9 Å². The molecule has 3 nitrogen and oxygen atoms in total. The van der Waals surface area contributed by atoms with E-state index >= 15 is 0 Å². The summed E-state index contributed by atoms with van der Waals surface area (Å²) in [6.45, 7) is 1.94. The Labute approximate surface area is 139 Å². The highest BCUT2D eigenvalue weighted by Crippen LogP contribution is 2.36. The molecule has 1 heterocycles. The molecule has 0 saturated heterocycles. The highest BCUT2D eigenvalue weighted by Gasteiger charge is 2.26. The van der Waals surface area contributed by atoms with Gasteiger partial charge in [-0.25, -0.2) is 4.98 Å². The Hall–Kier alpha value is -1.60. The zero-order valence-electron chi connectivity index (χ0n) is 12.9. The molecule has 0 fully saturated rings. The van der Waals surface area contributed by atoms with E-state index < -0.39 is 5.41 Å². The van der Waals surface area contributed by atoms with Crippen LogP contribution in [0.1, 0.15) is 36.5 Å². The maximum Gasteiger partial charge on any atom is 0.217 e. The fourth-order valence-electron chi connectivity index (χ4n) is 3.18. The molecule has 1 aliphatic carbocycles. The van der Waals surface area contributed by atoms with Crippen LogP contribution in [0.5, 0.6) is 5.88 Å². The van der Waals surface area contributed by atoms with E-state index in [9.17, 15) is 5.26 Å². The Morgan fingerprint density at radius 2 is 2.05 bits per heavy atom. The molecule has 114 valence electrons. The highest BCUT2D eigenvalue weighted by atomic mass is 79.9. The number of aryl methyl sites for hydroxylation is 1. The summed E-state index contributed by atoms with van der Waals surface area (Å²) < 4.78 is 5.51. The number of fused-ring (bicyclic) bond motifs is 3. The smallest absolute Gasteiger partial charge is 0.217 e. The van der Waals surface area contributed by atoms with Gasteiger partial charge >= 0.3 is 0 Å². The first-order valence-corrected chi connectivity index (χ1v) is 8.72. The van der Waals surface area contributed by atoms with E-state index in [1.165, 1.54) is 29.4 Å². The van der Waals surface area contributed by atoms with E-state index in [0.717, 1.165) is 29.8 Å². The fourth-order valence-corrected chi connectivity index (χ4v) is 3.63. The molecule has 2 aromatic rings. The fraction of sp³-hybridized carbons (Fsp3) is 0.444. The molecule has 0 bridgehead atoms. The number of pyridine rings is 1. The minimum atomic E-state index is -0.543. The third-order valence-electron chi connectivity index (χ3n) is 4.62. The molecule has 0 aliphatic heterocycles. The van der Waals surface area contributed by atoms with Gasteiger partial charge in [0, 0.05) is 16.3 Å². The second-order valence-corrected chi connectivity index (χ2v) is 6.66. The zero-order chi connectivity index (χ0) is 15.7. The van der Waals surface area contributed by atoms with Crippen LogP contribution in [0.2, 0.25) is 0 Å². The molecule has 0 amide bonds. The maximum absolute atomic E-state index is 9.48. The molecule has 4 heteroatoms. The number of alkyl halides is 1. The standard InChI is InChI=1S/C18H19BrN2O/c1-18(10-19,11-20)12-7-8-14-13-5-3-4-6-15(13)17(22-2)21-16(14)9-12/h7-9H,3-6,10H2,1-2H3. The summed E-state index contributed by atoms with van der Waals surface area (Å²) in [5.74, 6) is 0.747. The summed E-state index contributed by atoms with van der Waals surface area (Å²) in [5, 5.41) is 11.3. The third kappa shape index (κ3) is 2.38. The second-order valence-electron chi connectivity index (χ2n) is 6.09. The lowest BCUT2D eigenvalue weighted by molar-refractivity contribution is 0.391. The van der Waals surface area contributed by atoms with E-state index in [-0.39, 0.29) is 0 Å². The van der Waals surface area contributed by atoms with Gasteiger partial charge in [0.15, 0.2) is 0 Å². The topological polar surface area (TPSA) is 45.9 Å². The van der Waals surface area contributed by atoms with E-state index in [4.69, 9.17) is 9.72 Å². The zero-order valence-corrected chi connectivity index (χ0v) is 14.5. The Kier molecular flexibility index (Phi) is 4.10. The van der Waals surface area contributed by atoms with Crippen LogP contribution in [0.3, 0.4) is 0 Å². The van der Waals surface area contributed by atoms with Crippen molar-refractivity contribution >= 4 is 26.8 Å². The first kappa shape index (κ1) is 15.3. The van der Waals surface area contributed by atoms with Gasteiger partial charge in [0.2, 0.25) is 5.88 Å². The molecule has 1 aromatic carbocycles. The number of nitriles is 1. The molecule has 1 aliphatic rings. The quantitative estimate of drug-likeness (QED) is 0.768. The highest BCUT2D eigenvalue weighted by molar-refractivity contribution is 9.09. The van der Waals surface area contributed by atoms with Crippen molar-refractivity contribution in [1.82, 2.24) is 4.98 Å². The SMILES string of the molecule is COc1nc2cc(C(C)(C#N)CBr)ccc2c2c1CCCC2. The van der Waals surface area contributed by atoms with Crippen molar-refractivity contribution in [2.75, 3.05) is 12.4 Å². The number of benzene rings is 1. The number of nitrogens with zero attached hydrogens (tertiary/aromatic N) is 2. The van der Waals surface area contributed by atoms with Crippen molar-refractivity contribution in [3.8, 4) is 11.9 Å². The summed E-state index contributed by atoms with van der Waals surface area (Å²) in [4.78, 5) is 4.70. The Morgan fingerprint density at radius 3 is 2.68 bits per heavy atom. The molecule has 22 heavy (non-hydrogen) atoms. The van der Waals surface area contributed by atoms with Crippen LogP contribution >= 0.6 is 15.9 Å². The van der Waals surface area contributed by atoms with E-state index in [1.54, 1.807) is 7.11 Å². The lowest BCUT2D eigenvalue weighted by atomic mass is 9.84. The van der Waals surface area contributed by atoms with Crippen LogP contribution < -0.4 is 4.74 Å². The van der Waals surface area contributed by atoms with Crippen LogP contribution in [-0.2, 0) is 18.3 Å². The van der Waals surface area contributed by atoms with Crippen LogP contribution in [0.15, 0.2) is 18.2 Å². The average Bonchev–Trinajstić information content (AvgIpc) is 2.59. The van der Waals surface area contributed by atoms with E-state index in [1.807, 2.05) is 13.0 Å². The molecule has 0 saturated carbocycles. The molecule has 0 spiro atoms. The maximum atomic E-state index is 9.48. The number of halogens is 1. The summed E-state index contributed by atoms with van der Waals surface area (Å²) in [6, 6.07) is 8.62. The van der Waals surface area contributed by atoms with E-state index in [2.05, 4.69) is 34.1 Å². The minimum Gasteiger partial charge on any atom is -0.481 e. The number of rotatable bonds is 3. The lowest BCUT2D eigenvalue weighted by Crippen LogP contribution is -2.21. The Bertz CT molecular complexity index is 766. The van der Waals surface area contributed by atoms with Gasteiger partial charge in [0.05, 0.1) is 24.1 Å². The number of aromatic nitrogens is 1. The van der Waals surface area contributed by atoms with Crippen molar-refractivity contribution in [3.63, 3.8) is 0 Å². The van der Waals surface area contributed by atoms with Gasteiger partial charge in [-0.2, -0.15) is 5.26 Å². The first-order valence-electron chi connectivity index (χ1n) is 7.60. The molecular weight excluding hydrogens is 340 g/mol. The summed E-state index contributed by atoms with van der Waals surface area (Å²) in [7, 11) is 1.69. The van der Waals surface area contributed by atoms with Gasteiger partial charge in [-0.05, 0) is 49.8 Å². The van der Waals surface area contributed by atoms with Gasteiger partial charge in [-0.15, -0.1) is 0 Å². The van der Waals surface area contributed by atoms with E-state index in [0.29, 0.717) is 5.33 Å². The van der Waals surface area contributed by atoms with Gasteiger partial charge in [-0.1, -0.05) is 28.1 Å². The summed E-state index contributed by atoms with van der Waals surface area (Å²) in [6.07, 6.45) is 4.54. The first-order chi connectivity index (χ1) is 10.6. The number of hydrogen-bond donors (Lipinski definition) is 0. The van der Waals surface area contributed by atoms with Gasteiger partial charge in [-0.3, -0.25) is 0 Å². The number of ether oxygens (including phenoxy) is 1. The molecule has 1 aromatic heterocycles. The summed E-state index contributed by atoms with van der Waals surface area (Å²) >= 11 is 3.45. The van der Waals surface area contributed by atoms with Crippen LogP contribution in [0.4, 0.5) is 0 Å². The monoisotopic (exact) mass is 358 g/mol. The molecule has 0 N–H and O–H groups in total. The van der Waals surface area contributed by atoms with Crippen LogP contribution in [-0.4, -0.2) is 17.4 Å². The normalized spacial score (nSPS) is 16.6. The number of methoxy groups -OCH3 is 1. The molecule has 1 unspecified atom stereocenters. The molecule has 1 atom stereocenters. The van der Waals surface area contributed by atoms with Gasteiger partial charge < -0.3 is 4.74 Å². The molecule has 0 radical (unpaired) electrons. The molecule has 3 rings (SSSR count).